The number of nitrogens with zero attached hydrogens (tertiary/aromatic N) is 1. The van der Waals surface area contributed by atoms with Crippen LogP contribution in [0.2, 0.25) is 0 Å². The molecule has 21 heavy (non-hydrogen) atoms. The average molecular weight is 297 g/mol. The van der Waals surface area contributed by atoms with Gasteiger partial charge in [0.05, 0.1) is 5.56 Å². The van der Waals surface area contributed by atoms with E-state index in [-0.39, 0.29) is 17.9 Å². The number of rotatable bonds is 4. The number of carboxylic acids is 1. The number of piperidine rings is 1. The van der Waals surface area contributed by atoms with Gasteiger partial charge in [-0.05, 0) is 43.4 Å². The Bertz CT molecular complexity index is 548. The van der Waals surface area contributed by atoms with Gasteiger partial charge in [-0.25, -0.2) is 8.78 Å². The van der Waals surface area contributed by atoms with Gasteiger partial charge >= 0.3 is 5.97 Å². The molecule has 1 unspecified atom stereocenters. The average Bonchev–Trinajstić information content (AvgIpc) is 2.47. The van der Waals surface area contributed by atoms with Crippen LogP contribution in [0.3, 0.4) is 0 Å². The van der Waals surface area contributed by atoms with Crippen molar-refractivity contribution in [2.45, 2.75) is 25.7 Å². The maximum atomic E-state index is 13.6. The van der Waals surface area contributed by atoms with Gasteiger partial charge in [0.1, 0.15) is 11.6 Å². The van der Waals surface area contributed by atoms with Crippen molar-refractivity contribution in [1.82, 2.24) is 4.90 Å². The Morgan fingerprint density at radius 3 is 2.81 bits per heavy atom. The lowest BCUT2D eigenvalue weighted by atomic mass is 9.93. The number of amides is 1. The Balaban J connectivity index is 2.05. The summed E-state index contributed by atoms with van der Waals surface area (Å²) in [6.45, 7) is 0.875. The fourth-order valence-electron chi connectivity index (χ4n) is 2.64. The second kappa shape index (κ2) is 6.65. The first-order chi connectivity index (χ1) is 9.97. The predicted molar refractivity (Wildman–Crippen MR) is 71.9 cm³/mol. The molecule has 6 heteroatoms. The third-order valence-electron chi connectivity index (χ3n) is 3.73. The van der Waals surface area contributed by atoms with Gasteiger partial charge in [-0.3, -0.25) is 9.59 Å². The summed E-state index contributed by atoms with van der Waals surface area (Å²) in [6.07, 6.45) is 2.14. The van der Waals surface area contributed by atoms with E-state index in [0.717, 1.165) is 31.0 Å². The summed E-state index contributed by atoms with van der Waals surface area (Å²) in [5.41, 5.74) is -0.270. The molecule has 1 fully saturated rings. The molecular weight excluding hydrogens is 280 g/mol. The molecule has 1 aliphatic heterocycles. The number of hydrogen-bond donors (Lipinski definition) is 1. The van der Waals surface area contributed by atoms with E-state index in [9.17, 15) is 18.4 Å². The van der Waals surface area contributed by atoms with Crippen LogP contribution in [0.15, 0.2) is 18.2 Å². The van der Waals surface area contributed by atoms with Crippen LogP contribution in [0.5, 0.6) is 0 Å². The quantitative estimate of drug-likeness (QED) is 0.929. The molecule has 1 aromatic carbocycles. The molecular formula is C15H17F2NO3. The van der Waals surface area contributed by atoms with E-state index >= 15 is 0 Å². The molecule has 1 saturated heterocycles. The van der Waals surface area contributed by atoms with Crippen molar-refractivity contribution in [2.75, 3.05) is 13.1 Å². The normalized spacial score (nSPS) is 18.6. The molecule has 1 aliphatic rings. The minimum atomic E-state index is -0.866. The smallest absolute Gasteiger partial charge is 0.303 e. The summed E-state index contributed by atoms with van der Waals surface area (Å²) < 4.78 is 26.8. The highest BCUT2D eigenvalue weighted by Crippen LogP contribution is 2.23. The highest BCUT2D eigenvalue weighted by atomic mass is 19.1. The second-order valence-corrected chi connectivity index (χ2v) is 5.32. The van der Waals surface area contributed by atoms with E-state index in [2.05, 4.69) is 0 Å². The summed E-state index contributed by atoms with van der Waals surface area (Å²) >= 11 is 0. The SMILES string of the molecule is O=C(O)CCC1CCCN(C(=O)c2cc(F)ccc2F)C1. The largest absolute Gasteiger partial charge is 0.481 e. The van der Waals surface area contributed by atoms with Crippen molar-refractivity contribution in [3.63, 3.8) is 0 Å². The highest BCUT2D eigenvalue weighted by Gasteiger charge is 2.26. The Labute approximate surface area is 121 Å². The zero-order valence-corrected chi connectivity index (χ0v) is 11.5. The van der Waals surface area contributed by atoms with Crippen molar-refractivity contribution in [3.05, 3.63) is 35.4 Å². The van der Waals surface area contributed by atoms with E-state index in [4.69, 9.17) is 5.11 Å². The van der Waals surface area contributed by atoms with Crippen LogP contribution in [-0.4, -0.2) is 35.0 Å². The fourth-order valence-corrected chi connectivity index (χ4v) is 2.64. The maximum absolute atomic E-state index is 13.6. The number of benzene rings is 1. The van der Waals surface area contributed by atoms with Gasteiger partial charge in [-0.2, -0.15) is 0 Å². The fraction of sp³-hybridized carbons (Fsp3) is 0.467. The monoisotopic (exact) mass is 297 g/mol. The third kappa shape index (κ3) is 4.00. The third-order valence-corrected chi connectivity index (χ3v) is 3.73. The number of hydrogen-bond acceptors (Lipinski definition) is 2. The van der Waals surface area contributed by atoms with E-state index < -0.39 is 23.5 Å². The molecule has 1 heterocycles. The topological polar surface area (TPSA) is 57.6 Å². The number of carbonyl (C=O) groups is 2. The van der Waals surface area contributed by atoms with Crippen molar-refractivity contribution in [3.8, 4) is 0 Å². The molecule has 2 rings (SSSR count). The molecule has 1 N–H and O–H groups in total. The molecule has 0 spiro atoms. The molecule has 114 valence electrons. The molecule has 0 bridgehead atoms. The number of aliphatic carboxylic acids is 1. The molecule has 1 amide bonds. The van der Waals surface area contributed by atoms with Gasteiger partial charge in [0, 0.05) is 19.5 Å². The van der Waals surface area contributed by atoms with Crippen molar-refractivity contribution in [1.29, 1.82) is 0 Å². The Kier molecular flexibility index (Phi) is 4.88. The molecule has 0 radical (unpaired) electrons. The molecule has 0 aliphatic carbocycles. The lowest BCUT2D eigenvalue weighted by Gasteiger charge is -2.32. The Morgan fingerprint density at radius 2 is 2.10 bits per heavy atom. The van der Waals surface area contributed by atoms with Crippen molar-refractivity contribution >= 4 is 11.9 Å². The summed E-state index contributed by atoms with van der Waals surface area (Å²) in [7, 11) is 0. The molecule has 0 aromatic heterocycles. The standard InChI is InChI=1S/C15H17F2NO3/c16-11-4-5-13(17)12(8-11)15(21)18-7-1-2-10(9-18)3-6-14(19)20/h4-5,8,10H,1-3,6-7,9H2,(H,19,20). The molecule has 4 nitrogen and oxygen atoms in total. The number of likely N-dealkylation sites (tertiary alicyclic amines) is 1. The number of halogens is 2. The van der Waals surface area contributed by atoms with E-state index in [1.165, 1.54) is 4.90 Å². The second-order valence-electron chi connectivity index (χ2n) is 5.32. The van der Waals surface area contributed by atoms with Gasteiger partial charge in [0.15, 0.2) is 0 Å². The highest BCUT2D eigenvalue weighted by molar-refractivity contribution is 5.94. The van der Waals surface area contributed by atoms with Crippen LogP contribution in [0, 0.1) is 17.6 Å². The summed E-state index contributed by atoms with van der Waals surface area (Å²) in [5, 5.41) is 8.69. The van der Waals surface area contributed by atoms with E-state index in [1.54, 1.807) is 0 Å². The summed E-state index contributed by atoms with van der Waals surface area (Å²) in [5.74, 6) is -2.70. The van der Waals surface area contributed by atoms with Gasteiger partial charge in [-0.1, -0.05) is 0 Å². The Morgan fingerprint density at radius 1 is 1.33 bits per heavy atom. The lowest BCUT2D eigenvalue weighted by molar-refractivity contribution is -0.137. The van der Waals surface area contributed by atoms with Crippen LogP contribution in [0.4, 0.5) is 8.78 Å². The predicted octanol–water partition coefficient (Wildman–Crippen LogP) is 2.68. The molecule has 1 aromatic rings. The first-order valence-corrected chi connectivity index (χ1v) is 6.93. The van der Waals surface area contributed by atoms with Crippen LogP contribution in [-0.2, 0) is 4.79 Å². The Hall–Kier alpha value is -1.98. The van der Waals surface area contributed by atoms with Crippen molar-refractivity contribution in [2.24, 2.45) is 5.92 Å². The van der Waals surface area contributed by atoms with Gasteiger partial charge in [0.2, 0.25) is 0 Å². The van der Waals surface area contributed by atoms with E-state index in [1.807, 2.05) is 0 Å². The minimum Gasteiger partial charge on any atom is -0.481 e. The summed E-state index contributed by atoms with van der Waals surface area (Å²) in [4.78, 5) is 24.3. The first kappa shape index (κ1) is 15.4. The molecule has 1 atom stereocenters. The van der Waals surface area contributed by atoms with Crippen LogP contribution in [0.1, 0.15) is 36.0 Å². The molecule has 0 saturated carbocycles. The zero-order valence-electron chi connectivity index (χ0n) is 11.5. The maximum Gasteiger partial charge on any atom is 0.303 e. The van der Waals surface area contributed by atoms with Gasteiger partial charge < -0.3 is 10.0 Å². The number of carboxylic acid groups (broad SMARTS) is 1. The van der Waals surface area contributed by atoms with Crippen molar-refractivity contribution < 1.29 is 23.5 Å². The number of carbonyl (C=O) groups excluding carboxylic acids is 1. The van der Waals surface area contributed by atoms with Gasteiger partial charge in [-0.15, -0.1) is 0 Å². The van der Waals surface area contributed by atoms with Gasteiger partial charge in [0.25, 0.3) is 5.91 Å². The summed E-state index contributed by atoms with van der Waals surface area (Å²) in [6, 6.07) is 2.81. The van der Waals surface area contributed by atoms with Crippen LogP contribution in [0.25, 0.3) is 0 Å². The lowest BCUT2D eigenvalue weighted by Crippen LogP contribution is -2.40. The zero-order chi connectivity index (χ0) is 15.4. The minimum absolute atomic E-state index is 0.0566. The van der Waals surface area contributed by atoms with Crippen LogP contribution >= 0.6 is 0 Å². The van der Waals surface area contributed by atoms with E-state index in [0.29, 0.717) is 19.5 Å². The van der Waals surface area contributed by atoms with Crippen LogP contribution < -0.4 is 0 Å². The first-order valence-electron chi connectivity index (χ1n) is 6.93.